The van der Waals surface area contributed by atoms with Gasteiger partial charge in [-0.05, 0) is 30.7 Å². The van der Waals surface area contributed by atoms with Gasteiger partial charge in [-0.1, -0.05) is 28.1 Å². The number of aromatic carboxylic acids is 1. The Bertz CT molecular complexity index is 770. The van der Waals surface area contributed by atoms with Crippen LogP contribution in [0.5, 0.6) is 0 Å². The topological polar surface area (TPSA) is 99.3 Å². The molecule has 21 heavy (non-hydrogen) atoms. The first-order chi connectivity index (χ1) is 9.79. The van der Waals surface area contributed by atoms with Gasteiger partial charge in [-0.15, -0.1) is 0 Å². The van der Waals surface area contributed by atoms with Gasteiger partial charge in [-0.3, -0.25) is 0 Å². The number of sulfonamides is 1. The van der Waals surface area contributed by atoms with Crippen molar-refractivity contribution in [2.45, 2.75) is 17.9 Å². The van der Waals surface area contributed by atoms with Crippen LogP contribution in [-0.4, -0.2) is 24.5 Å². The standard InChI is InChI=1S/C13H13BrN2O4S/c1-8(9-3-2-4-10(14)5-9)16-21(19,20)11-6-12(13(17)18)15-7-11/h2-8,15-16H,1H3,(H,17,18)/t8-/m0/s1. The normalized spacial score (nSPS) is 13.0. The van der Waals surface area contributed by atoms with Crippen molar-refractivity contribution in [2.75, 3.05) is 0 Å². The molecule has 2 aromatic rings. The van der Waals surface area contributed by atoms with E-state index in [4.69, 9.17) is 5.11 Å². The van der Waals surface area contributed by atoms with Gasteiger partial charge in [0.2, 0.25) is 10.0 Å². The summed E-state index contributed by atoms with van der Waals surface area (Å²) in [6.45, 7) is 1.71. The van der Waals surface area contributed by atoms with Crippen LogP contribution < -0.4 is 4.72 Å². The summed E-state index contributed by atoms with van der Waals surface area (Å²) in [4.78, 5) is 13.1. The van der Waals surface area contributed by atoms with Crippen molar-refractivity contribution in [2.24, 2.45) is 0 Å². The van der Waals surface area contributed by atoms with E-state index in [0.29, 0.717) is 0 Å². The van der Waals surface area contributed by atoms with Crippen molar-refractivity contribution in [3.8, 4) is 0 Å². The highest BCUT2D eigenvalue weighted by molar-refractivity contribution is 9.10. The number of benzene rings is 1. The number of nitrogens with one attached hydrogen (secondary N) is 2. The molecule has 0 aliphatic rings. The third kappa shape index (κ3) is 3.72. The van der Waals surface area contributed by atoms with Gasteiger partial charge in [-0.2, -0.15) is 0 Å². The van der Waals surface area contributed by atoms with E-state index >= 15 is 0 Å². The van der Waals surface area contributed by atoms with Crippen molar-refractivity contribution < 1.29 is 18.3 Å². The molecular weight excluding hydrogens is 360 g/mol. The predicted molar refractivity (Wildman–Crippen MR) is 80.6 cm³/mol. The highest BCUT2D eigenvalue weighted by Crippen LogP contribution is 2.20. The highest BCUT2D eigenvalue weighted by Gasteiger charge is 2.21. The van der Waals surface area contributed by atoms with E-state index in [1.807, 2.05) is 18.2 Å². The summed E-state index contributed by atoms with van der Waals surface area (Å²) in [5, 5.41) is 8.80. The van der Waals surface area contributed by atoms with Gasteiger partial charge in [-0.25, -0.2) is 17.9 Å². The Morgan fingerprint density at radius 1 is 1.38 bits per heavy atom. The summed E-state index contributed by atoms with van der Waals surface area (Å²) < 4.78 is 27.8. The Morgan fingerprint density at radius 2 is 2.10 bits per heavy atom. The minimum Gasteiger partial charge on any atom is -0.477 e. The van der Waals surface area contributed by atoms with Gasteiger partial charge >= 0.3 is 5.97 Å². The smallest absolute Gasteiger partial charge is 0.352 e. The van der Waals surface area contributed by atoms with E-state index in [1.54, 1.807) is 13.0 Å². The molecule has 2 rings (SSSR count). The van der Waals surface area contributed by atoms with Gasteiger partial charge in [0.15, 0.2) is 0 Å². The number of carbonyl (C=O) groups is 1. The average molecular weight is 373 g/mol. The predicted octanol–water partition coefficient (Wildman–Crippen LogP) is 2.51. The highest BCUT2D eigenvalue weighted by atomic mass is 79.9. The lowest BCUT2D eigenvalue weighted by molar-refractivity contribution is 0.0691. The molecule has 1 aromatic carbocycles. The fourth-order valence-electron chi connectivity index (χ4n) is 1.80. The van der Waals surface area contributed by atoms with Crippen molar-refractivity contribution in [1.29, 1.82) is 0 Å². The summed E-state index contributed by atoms with van der Waals surface area (Å²) in [5.74, 6) is -1.21. The second-order valence-corrected chi connectivity index (χ2v) is 7.08. The zero-order valence-electron chi connectivity index (χ0n) is 11.0. The molecule has 8 heteroatoms. The lowest BCUT2D eigenvalue weighted by atomic mass is 10.1. The maximum absolute atomic E-state index is 12.2. The maximum Gasteiger partial charge on any atom is 0.352 e. The summed E-state index contributed by atoms with van der Waals surface area (Å²) in [7, 11) is -3.79. The summed E-state index contributed by atoms with van der Waals surface area (Å²) in [6.07, 6.45) is 1.15. The monoisotopic (exact) mass is 372 g/mol. The number of aromatic amines is 1. The molecule has 0 saturated heterocycles. The van der Waals surface area contributed by atoms with Crippen LogP contribution >= 0.6 is 15.9 Å². The first-order valence-corrected chi connectivity index (χ1v) is 8.27. The molecule has 3 N–H and O–H groups in total. The molecule has 112 valence electrons. The molecule has 0 spiro atoms. The van der Waals surface area contributed by atoms with Crippen LogP contribution in [0, 0.1) is 0 Å². The molecule has 0 bridgehead atoms. The molecule has 1 aromatic heterocycles. The Labute approximate surface area is 130 Å². The molecule has 6 nitrogen and oxygen atoms in total. The van der Waals surface area contributed by atoms with E-state index in [1.165, 1.54) is 0 Å². The SMILES string of the molecule is C[C@H](NS(=O)(=O)c1c[nH]c(C(=O)O)c1)c1cccc(Br)c1. The summed E-state index contributed by atoms with van der Waals surface area (Å²) in [6, 6.07) is 7.90. The van der Waals surface area contributed by atoms with Crippen molar-refractivity contribution in [3.05, 3.63) is 52.3 Å². The number of carboxylic acid groups (broad SMARTS) is 1. The zero-order valence-corrected chi connectivity index (χ0v) is 13.4. The summed E-state index contributed by atoms with van der Waals surface area (Å²) >= 11 is 3.33. The van der Waals surface area contributed by atoms with Crippen molar-refractivity contribution in [1.82, 2.24) is 9.71 Å². The molecule has 0 unspecified atom stereocenters. The van der Waals surface area contributed by atoms with E-state index in [9.17, 15) is 13.2 Å². The molecule has 0 amide bonds. The van der Waals surface area contributed by atoms with Crippen LogP contribution in [-0.2, 0) is 10.0 Å². The largest absolute Gasteiger partial charge is 0.477 e. The molecule has 1 heterocycles. The van der Waals surface area contributed by atoms with Gasteiger partial charge in [0.1, 0.15) is 10.6 Å². The number of rotatable bonds is 5. The average Bonchev–Trinajstić information content (AvgIpc) is 2.88. The molecule has 1 atom stereocenters. The Hall–Kier alpha value is -1.64. The number of H-pyrrole nitrogens is 1. The third-order valence-electron chi connectivity index (χ3n) is 2.88. The molecule has 0 aliphatic carbocycles. The number of hydrogen-bond acceptors (Lipinski definition) is 3. The lowest BCUT2D eigenvalue weighted by Gasteiger charge is -2.14. The van der Waals surface area contributed by atoms with Crippen molar-refractivity contribution >= 4 is 31.9 Å². The number of hydrogen-bond donors (Lipinski definition) is 3. The second-order valence-electron chi connectivity index (χ2n) is 4.45. The van der Waals surface area contributed by atoms with E-state index in [0.717, 1.165) is 22.3 Å². The van der Waals surface area contributed by atoms with Gasteiger partial charge in [0, 0.05) is 16.7 Å². The first-order valence-electron chi connectivity index (χ1n) is 5.99. The van der Waals surface area contributed by atoms with Crippen molar-refractivity contribution in [3.63, 3.8) is 0 Å². The number of carboxylic acids is 1. The van der Waals surface area contributed by atoms with Crippen LogP contribution in [0.3, 0.4) is 0 Å². The summed E-state index contributed by atoms with van der Waals surface area (Å²) in [5.41, 5.74) is 0.618. The minimum atomic E-state index is -3.79. The van der Waals surface area contributed by atoms with E-state index < -0.39 is 22.0 Å². The van der Waals surface area contributed by atoms with Crippen LogP contribution in [0.1, 0.15) is 29.0 Å². The van der Waals surface area contributed by atoms with Gasteiger partial charge in [0.25, 0.3) is 0 Å². The third-order valence-corrected chi connectivity index (χ3v) is 4.89. The fourth-order valence-corrected chi connectivity index (χ4v) is 3.44. The maximum atomic E-state index is 12.2. The van der Waals surface area contributed by atoms with E-state index in [2.05, 4.69) is 25.6 Å². The van der Waals surface area contributed by atoms with Crippen LogP contribution in [0.2, 0.25) is 0 Å². The first kappa shape index (κ1) is 15.7. The Morgan fingerprint density at radius 3 is 2.67 bits per heavy atom. The zero-order chi connectivity index (χ0) is 15.6. The molecule has 0 saturated carbocycles. The van der Waals surface area contributed by atoms with Gasteiger partial charge < -0.3 is 10.1 Å². The molecule has 0 aliphatic heterocycles. The lowest BCUT2D eigenvalue weighted by Crippen LogP contribution is -2.26. The second kappa shape index (κ2) is 6.00. The van der Waals surface area contributed by atoms with E-state index in [-0.39, 0.29) is 10.6 Å². The number of halogens is 1. The Kier molecular flexibility index (Phi) is 4.50. The minimum absolute atomic E-state index is 0.109. The Balaban J connectivity index is 2.22. The molecular formula is C13H13BrN2O4S. The van der Waals surface area contributed by atoms with Crippen LogP contribution in [0.4, 0.5) is 0 Å². The molecule has 0 radical (unpaired) electrons. The number of aromatic nitrogens is 1. The van der Waals surface area contributed by atoms with Crippen LogP contribution in [0.15, 0.2) is 45.9 Å². The molecule has 0 fully saturated rings. The van der Waals surface area contributed by atoms with Gasteiger partial charge in [0.05, 0.1) is 0 Å². The van der Waals surface area contributed by atoms with Crippen LogP contribution in [0.25, 0.3) is 0 Å². The quantitative estimate of drug-likeness (QED) is 0.750. The fraction of sp³-hybridized carbons (Fsp3) is 0.154.